The number of nitrogens with one attached hydrogen (secondary N) is 2. The summed E-state index contributed by atoms with van der Waals surface area (Å²) in [6.45, 7) is 8.15. The van der Waals surface area contributed by atoms with Crippen molar-refractivity contribution in [1.82, 2.24) is 30.1 Å². The number of hydrogen-bond donors (Lipinski definition) is 2. The van der Waals surface area contributed by atoms with Crippen molar-refractivity contribution < 1.29 is 0 Å². The minimum Gasteiger partial charge on any atom is -0.353 e. The average molecular weight is 449 g/mol. The first-order valence-corrected chi connectivity index (χ1v) is 11.4. The summed E-state index contributed by atoms with van der Waals surface area (Å²) in [6.07, 6.45) is 7.32. The van der Waals surface area contributed by atoms with E-state index < -0.39 is 0 Å². The lowest BCUT2D eigenvalue weighted by Crippen LogP contribution is -1.88. The van der Waals surface area contributed by atoms with Crippen molar-refractivity contribution in [2.24, 2.45) is 0 Å². The number of H-pyrrole nitrogens is 2. The number of aryl methyl sites for hydroxylation is 1. The minimum atomic E-state index is 0.853. The molecule has 0 aromatic carbocycles. The maximum Gasteiger partial charge on any atom is 0.116 e. The third-order valence-electron chi connectivity index (χ3n) is 5.83. The molecule has 6 nitrogen and oxygen atoms in total. The van der Waals surface area contributed by atoms with Gasteiger partial charge in [-0.25, -0.2) is 0 Å². The van der Waals surface area contributed by atoms with Crippen LogP contribution in [0.25, 0.3) is 60.6 Å². The van der Waals surface area contributed by atoms with Gasteiger partial charge in [-0.3, -0.25) is 20.1 Å². The van der Waals surface area contributed by atoms with Crippen molar-refractivity contribution in [1.29, 1.82) is 0 Å². The summed E-state index contributed by atoms with van der Waals surface area (Å²) in [5.41, 5.74) is 8.73. The van der Waals surface area contributed by atoms with Gasteiger partial charge in [0.25, 0.3) is 0 Å². The topological polar surface area (TPSA) is 83.1 Å². The first-order valence-electron chi connectivity index (χ1n) is 10.6. The smallest absolute Gasteiger partial charge is 0.116 e. The van der Waals surface area contributed by atoms with E-state index in [1.165, 1.54) is 4.88 Å². The van der Waals surface area contributed by atoms with Crippen LogP contribution in [0.3, 0.4) is 0 Å². The lowest BCUT2D eigenvalue weighted by molar-refractivity contribution is 1.11. The first-order chi connectivity index (χ1) is 16.1. The highest BCUT2D eigenvalue weighted by Crippen LogP contribution is 2.37. The minimum absolute atomic E-state index is 0.853. The van der Waals surface area contributed by atoms with Gasteiger partial charge in [0.15, 0.2) is 0 Å². The SMILES string of the molecule is C=C(C)c1ccc(-c2nccc3[nH]c(-c4n[nH]c5cnc(-c6cnccc6C)cc45)cc23)s1. The molecule has 0 bridgehead atoms. The van der Waals surface area contributed by atoms with Crippen molar-refractivity contribution in [2.75, 3.05) is 0 Å². The van der Waals surface area contributed by atoms with Gasteiger partial charge < -0.3 is 4.98 Å². The van der Waals surface area contributed by atoms with Crippen LogP contribution >= 0.6 is 11.3 Å². The van der Waals surface area contributed by atoms with Gasteiger partial charge in [-0.1, -0.05) is 6.58 Å². The Balaban J connectivity index is 1.49. The number of thiophene rings is 1. The van der Waals surface area contributed by atoms with E-state index in [1.807, 2.05) is 37.6 Å². The van der Waals surface area contributed by atoms with Crippen LogP contribution in [0.5, 0.6) is 0 Å². The molecule has 2 N–H and O–H groups in total. The lowest BCUT2D eigenvalue weighted by atomic mass is 10.1. The van der Waals surface area contributed by atoms with Crippen molar-refractivity contribution in [3.05, 3.63) is 78.2 Å². The quantitative estimate of drug-likeness (QED) is 0.317. The van der Waals surface area contributed by atoms with Gasteiger partial charge in [-0.15, -0.1) is 11.3 Å². The number of pyridine rings is 3. The standard InChI is InChI=1S/C26H20N6S/c1-14(2)23-4-5-24(33-23)26-16-11-21(30-19(16)7-9-28-26)25-17-10-20(29-13-22(17)31-32-25)18-12-27-8-6-15(18)3/h4-13,30H,1H2,2-3H3,(H,31,32). The Kier molecular flexibility index (Phi) is 4.45. The highest BCUT2D eigenvalue weighted by atomic mass is 32.1. The molecule has 6 aromatic heterocycles. The van der Waals surface area contributed by atoms with E-state index in [-0.39, 0.29) is 0 Å². The van der Waals surface area contributed by atoms with Gasteiger partial charge in [0.1, 0.15) is 5.69 Å². The number of nitrogens with zero attached hydrogens (tertiary/aromatic N) is 4. The molecule has 0 amide bonds. The van der Waals surface area contributed by atoms with Crippen molar-refractivity contribution in [2.45, 2.75) is 13.8 Å². The van der Waals surface area contributed by atoms with E-state index in [9.17, 15) is 0 Å². The molecule has 6 heterocycles. The van der Waals surface area contributed by atoms with Gasteiger partial charge in [0.2, 0.25) is 0 Å². The summed E-state index contributed by atoms with van der Waals surface area (Å²) in [4.78, 5) is 19.4. The summed E-state index contributed by atoms with van der Waals surface area (Å²) in [5, 5.41) is 9.79. The predicted molar refractivity (Wildman–Crippen MR) is 135 cm³/mol. The van der Waals surface area contributed by atoms with E-state index in [4.69, 9.17) is 0 Å². The molecule has 0 fully saturated rings. The lowest BCUT2D eigenvalue weighted by Gasteiger charge is -2.04. The van der Waals surface area contributed by atoms with Crippen molar-refractivity contribution in [3.63, 3.8) is 0 Å². The Hall–Kier alpha value is -4.10. The molecule has 0 aliphatic heterocycles. The molecule has 0 spiro atoms. The molecule has 0 aliphatic carbocycles. The molecule has 0 saturated heterocycles. The fraction of sp³-hybridized carbons (Fsp3) is 0.0769. The Morgan fingerprint density at radius 1 is 0.939 bits per heavy atom. The summed E-state index contributed by atoms with van der Waals surface area (Å²) in [7, 11) is 0. The van der Waals surface area contributed by atoms with Gasteiger partial charge in [0.05, 0.1) is 33.7 Å². The van der Waals surface area contributed by atoms with Gasteiger partial charge >= 0.3 is 0 Å². The van der Waals surface area contributed by atoms with Crippen LogP contribution in [0.4, 0.5) is 0 Å². The van der Waals surface area contributed by atoms with E-state index in [0.29, 0.717) is 0 Å². The molecular weight excluding hydrogens is 428 g/mol. The number of fused-ring (bicyclic) bond motifs is 2. The summed E-state index contributed by atoms with van der Waals surface area (Å²) >= 11 is 1.71. The average Bonchev–Trinajstić information content (AvgIpc) is 3.56. The second kappa shape index (κ2) is 7.50. The zero-order chi connectivity index (χ0) is 22.5. The Bertz CT molecular complexity index is 1670. The fourth-order valence-corrected chi connectivity index (χ4v) is 5.02. The second-order valence-electron chi connectivity index (χ2n) is 8.13. The van der Waals surface area contributed by atoms with Crippen molar-refractivity contribution >= 4 is 38.7 Å². The number of rotatable bonds is 4. The van der Waals surface area contributed by atoms with Crippen LogP contribution in [-0.2, 0) is 0 Å². The molecule has 0 aliphatic rings. The van der Waals surface area contributed by atoms with Crippen LogP contribution in [0, 0.1) is 6.92 Å². The molecule has 33 heavy (non-hydrogen) atoms. The third kappa shape index (κ3) is 3.25. The van der Waals surface area contributed by atoms with E-state index >= 15 is 0 Å². The van der Waals surface area contributed by atoms with Gasteiger partial charge in [-0.2, -0.15) is 5.10 Å². The zero-order valence-electron chi connectivity index (χ0n) is 18.2. The van der Waals surface area contributed by atoms with E-state index in [0.717, 1.165) is 66.2 Å². The molecular formula is C26H20N6S. The number of aromatic nitrogens is 6. The monoisotopic (exact) mass is 448 g/mol. The molecule has 6 aromatic rings. The van der Waals surface area contributed by atoms with Crippen LogP contribution in [-0.4, -0.2) is 30.1 Å². The maximum atomic E-state index is 4.69. The highest BCUT2D eigenvalue weighted by Gasteiger charge is 2.16. The van der Waals surface area contributed by atoms with Crippen LogP contribution < -0.4 is 0 Å². The fourth-order valence-electron chi connectivity index (χ4n) is 4.07. The zero-order valence-corrected chi connectivity index (χ0v) is 19.0. The molecule has 0 atom stereocenters. The van der Waals surface area contributed by atoms with Crippen molar-refractivity contribution in [3.8, 4) is 33.2 Å². The number of aromatic amines is 2. The van der Waals surface area contributed by atoms with E-state index in [1.54, 1.807) is 17.5 Å². The molecule has 0 saturated carbocycles. The highest BCUT2D eigenvalue weighted by molar-refractivity contribution is 7.16. The number of allylic oxidation sites excluding steroid dienone is 1. The second-order valence-corrected chi connectivity index (χ2v) is 9.21. The Morgan fingerprint density at radius 3 is 2.64 bits per heavy atom. The number of hydrogen-bond acceptors (Lipinski definition) is 5. The summed E-state index contributed by atoms with van der Waals surface area (Å²) in [6, 6.07) is 12.4. The maximum absolute atomic E-state index is 4.69. The molecule has 0 radical (unpaired) electrons. The Morgan fingerprint density at radius 2 is 1.82 bits per heavy atom. The Labute approximate surface area is 194 Å². The van der Waals surface area contributed by atoms with Gasteiger partial charge in [-0.05, 0) is 61.4 Å². The summed E-state index contributed by atoms with van der Waals surface area (Å²) in [5.74, 6) is 0. The summed E-state index contributed by atoms with van der Waals surface area (Å²) < 4.78 is 0. The predicted octanol–water partition coefficient (Wildman–Crippen LogP) is 6.63. The largest absolute Gasteiger partial charge is 0.353 e. The van der Waals surface area contributed by atoms with Gasteiger partial charge in [0, 0.05) is 45.3 Å². The van der Waals surface area contributed by atoms with E-state index in [2.05, 4.69) is 67.9 Å². The molecule has 6 rings (SSSR count). The third-order valence-corrected chi connectivity index (χ3v) is 7.08. The van der Waals surface area contributed by atoms with Crippen LogP contribution in [0.2, 0.25) is 0 Å². The first kappa shape index (κ1) is 19.6. The van der Waals surface area contributed by atoms with Crippen LogP contribution in [0.1, 0.15) is 17.4 Å². The normalized spacial score (nSPS) is 11.5. The molecule has 7 heteroatoms. The molecule has 160 valence electrons. The molecule has 0 unspecified atom stereocenters. The van der Waals surface area contributed by atoms with Crippen LogP contribution in [0.15, 0.2) is 67.8 Å².